The molecular weight excluding hydrogens is 536 g/mol. The third kappa shape index (κ3) is 5.42. The van der Waals surface area contributed by atoms with Crippen molar-refractivity contribution in [2.45, 2.75) is 70.1 Å². The van der Waals surface area contributed by atoms with Crippen LogP contribution in [0, 0.1) is 0 Å². The van der Waals surface area contributed by atoms with Gasteiger partial charge in [0.05, 0.1) is 23.5 Å². The first kappa shape index (κ1) is 28.3. The molecule has 0 radical (unpaired) electrons. The monoisotopic (exact) mass is 561 g/mol. The summed E-state index contributed by atoms with van der Waals surface area (Å²) in [6.07, 6.45) is -9.54. The molecule has 39 heavy (non-hydrogen) atoms. The highest BCUT2D eigenvalue weighted by Gasteiger charge is 2.58. The summed E-state index contributed by atoms with van der Waals surface area (Å²) in [5.41, 5.74) is -0.995. The molecule has 3 N–H and O–H groups in total. The van der Waals surface area contributed by atoms with E-state index < -0.39 is 64.7 Å². The molecule has 1 atom stereocenters. The molecule has 3 aromatic rings. The third-order valence-electron chi connectivity index (χ3n) is 6.36. The van der Waals surface area contributed by atoms with Gasteiger partial charge in [-0.2, -0.15) is 31.4 Å². The van der Waals surface area contributed by atoms with Crippen molar-refractivity contribution in [2.75, 3.05) is 12.3 Å². The fourth-order valence-corrected chi connectivity index (χ4v) is 4.33. The lowest BCUT2D eigenvalue weighted by Crippen LogP contribution is -2.42. The van der Waals surface area contributed by atoms with Crippen LogP contribution in [0.25, 0.3) is 11.6 Å². The van der Waals surface area contributed by atoms with Gasteiger partial charge in [0.25, 0.3) is 17.7 Å². The SMILES string of the molecule is CC(C)n1nccc1CN1CCCCCC(O)(C(F)(F)F)c2nnc(o2)-c2nc(c(C(F)(F)F)cc2N)C1=O. The molecule has 0 spiro atoms. The van der Waals surface area contributed by atoms with E-state index in [0.29, 0.717) is 11.8 Å². The van der Waals surface area contributed by atoms with Gasteiger partial charge in [0.15, 0.2) is 5.69 Å². The van der Waals surface area contributed by atoms with Crippen molar-refractivity contribution < 1.29 is 40.7 Å². The molecule has 4 heterocycles. The Bertz CT molecular complexity index is 1350. The number of nitrogen functional groups attached to an aromatic ring is 1. The van der Waals surface area contributed by atoms with Crippen LogP contribution in [0.15, 0.2) is 22.7 Å². The Morgan fingerprint density at radius 3 is 2.49 bits per heavy atom. The Morgan fingerprint density at radius 2 is 1.85 bits per heavy atom. The van der Waals surface area contributed by atoms with Crippen LogP contribution in [0.3, 0.4) is 0 Å². The molecule has 4 rings (SSSR count). The lowest BCUT2D eigenvalue weighted by atomic mass is 9.95. The van der Waals surface area contributed by atoms with Crippen molar-refractivity contribution in [1.29, 1.82) is 0 Å². The normalized spacial score (nSPS) is 19.4. The van der Waals surface area contributed by atoms with Crippen molar-refractivity contribution in [2.24, 2.45) is 0 Å². The smallest absolute Gasteiger partial charge is 0.416 e. The van der Waals surface area contributed by atoms with Crippen molar-refractivity contribution in [3.8, 4) is 11.6 Å². The topological polar surface area (TPSA) is 136 Å². The Morgan fingerprint density at radius 1 is 1.13 bits per heavy atom. The number of carbonyl (C=O) groups excluding carboxylic acids is 1. The molecule has 1 aliphatic heterocycles. The molecule has 1 unspecified atom stereocenters. The Kier molecular flexibility index (Phi) is 7.35. The van der Waals surface area contributed by atoms with Gasteiger partial charge < -0.3 is 20.2 Å². The first-order valence-electron chi connectivity index (χ1n) is 12.0. The number of alkyl halides is 6. The van der Waals surface area contributed by atoms with E-state index in [9.17, 15) is 36.2 Å². The van der Waals surface area contributed by atoms with Crippen LogP contribution in [0.2, 0.25) is 0 Å². The quantitative estimate of drug-likeness (QED) is 0.447. The van der Waals surface area contributed by atoms with Gasteiger partial charge >= 0.3 is 12.4 Å². The zero-order valence-corrected chi connectivity index (χ0v) is 20.8. The second kappa shape index (κ2) is 10.1. The average molecular weight is 561 g/mol. The van der Waals surface area contributed by atoms with E-state index in [1.54, 1.807) is 10.7 Å². The maximum absolute atomic E-state index is 14.0. The maximum Gasteiger partial charge on any atom is 0.426 e. The number of anilines is 1. The van der Waals surface area contributed by atoms with Gasteiger partial charge in [-0.15, -0.1) is 10.2 Å². The lowest BCUT2D eigenvalue weighted by Gasteiger charge is -2.28. The second-order valence-corrected chi connectivity index (χ2v) is 9.49. The predicted molar refractivity (Wildman–Crippen MR) is 123 cm³/mol. The van der Waals surface area contributed by atoms with Gasteiger partial charge in [-0.25, -0.2) is 4.98 Å². The van der Waals surface area contributed by atoms with Crippen LogP contribution < -0.4 is 5.73 Å². The fourth-order valence-electron chi connectivity index (χ4n) is 4.33. The molecule has 0 aliphatic carbocycles. The van der Waals surface area contributed by atoms with Crippen LogP contribution in [-0.2, 0) is 18.3 Å². The third-order valence-corrected chi connectivity index (χ3v) is 6.36. The highest BCUT2D eigenvalue weighted by molar-refractivity contribution is 5.95. The van der Waals surface area contributed by atoms with Crippen molar-refractivity contribution in [3.63, 3.8) is 0 Å². The number of amides is 1. The molecule has 16 heteroatoms. The lowest BCUT2D eigenvalue weighted by molar-refractivity contribution is -0.277. The van der Waals surface area contributed by atoms with Gasteiger partial charge in [0.2, 0.25) is 5.60 Å². The summed E-state index contributed by atoms with van der Waals surface area (Å²) in [6.45, 7) is 3.41. The van der Waals surface area contributed by atoms with E-state index in [1.165, 1.54) is 6.20 Å². The minimum atomic E-state index is -5.20. The van der Waals surface area contributed by atoms with Gasteiger partial charge in [0, 0.05) is 18.8 Å². The van der Waals surface area contributed by atoms with Crippen LogP contribution in [0.5, 0.6) is 0 Å². The Balaban J connectivity index is 1.88. The molecule has 212 valence electrons. The van der Waals surface area contributed by atoms with Crippen molar-refractivity contribution in [1.82, 2.24) is 29.9 Å². The Labute approximate surface area is 217 Å². The molecule has 10 nitrogen and oxygen atoms in total. The number of aliphatic hydroxyl groups is 1. The van der Waals surface area contributed by atoms with Crippen LogP contribution in [0.4, 0.5) is 32.0 Å². The number of halogens is 6. The zero-order valence-electron chi connectivity index (χ0n) is 20.8. The van der Waals surface area contributed by atoms with Crippen molar-refractivity contribution in [3.05, 3.63) is 41.2 Å². The minimum Gasteiger partial charge on any atom is -0.416 e. The van der Waals surface area contributed by atoms with Crippen molar-refractivity contribution >= 4 is 11.6 Å². The number of hydrogen-bond donors (Lipinski definition) is 2. The number of carbonyl (C=O) groups is 1. The highest BCUT2D eigenvalue weighted by Crippen LogP contribution is 2.43. The number of rotatable bonds is 3. The highest BCUT2D eigenvalue weighted by atomic mass is 19.4. The molecule has 1 aliphatic rings. The summed E-state index contributed by atoms with van der Waals surface area (Å²) < 4.78 is 90.3. The summed E-state index contributed by atoms with van der Waals surface area (Å²) in [4.78, 5) is 18.5. The molecular formula is C23H25F6N7O3. The molecule has 0 saturated heterocycles. The molecule has 1 amide bonds. The first-order valence-corrected chi connectivity index (χ1v) is 12.0. The summed E-state index contributed by atoms with van der Waals surface area (Å²) >= 11 is 0. The number of nitrogens with zero attached hydrogens (tertiary/aromatic N) is 6. The van der Waals surface area contributed by atoms with Crippen LogP contribution >= 0.6 is 0 Å². The van der Waals surface area contributed by atoms with E-state index in [2.05, 4.69) is 20.3 Å². The molecule has 0 saturated carbocycles. The van der Waals surface area contributed by atoms with Gasteiger partial charge in [-0.3, -0.25) is 9.48 Å². The number of aromatic nitrogens is 5. The summed E-state index contributed by atoms with van der Waals surface area (Å²) in [6, 6.07) is 1.93. The number of hydrogen-bond acceptors (Lipinski definition) is 8. The number of pyridine rings is 1. The summed E-state index contributed by atoms with van der Waals surface area (Å²) in [5, 5.41) is 21.4. The molecule has 3 aromatic heterocycles. The average Bonchev–Trinajstić information content (AvgIpc) is 3.51. The Hall–Kier alpha value is -3.69. The van der Waals surface area contributed by atoms with E-state index in [4.69, 9.17) is 10.2 Å². The zero-order chi connectivity index (χ0) is 28.8. The summed E-state index contributed by atoms with van der Waals surface area (Å²) in [7, 11) is 0. The van der Waals surface area contributed by atoms with Gasteiger partial charge in [-0.1, -0.05) is 6.42 Å². The number of nitrogens with two attached hydrogens (primary N) is 1. The van der Waals surface area contributed by atoms with E-state index in [-0.39, 0.29) is 38.4 Å². The molecule has 0 fully saturated rings. The van der Waals surface area contributed by atoms with Crippen LogP contribution in [0.1, 0.15) is 73.2 Å². The minimum absolute atomic E-state index is 0.0964. The van der Waals surface area contributed by atoms with E-state index >= 15 is 0 Å². The largest absolute Gasteiger partial charge is 0.426 e. The predicted octanol–water partition coefficient (Wildman–Crippen LogP) is 4.48. The maximum atomic E-state index is 14.0. The molecule has 0 aromatic carbocycles. The van der Waals surface area contributed by atoms with E-state index in [1.807, 2.05) is 13.8 Å². The fraction of sp³-hybridized carbons (Fsp3) is 0.522. The molecule has 4 bridgehead atoms. The van der Waals surface area contributed by atoms with E-state index in [0.717, 1.165) is 4.90 Å². The summed E-state index contributed by atoms with van der Waals surface area (Å²) in [5.74, 6) is -3.07. The van der Waals surface area contributed by atoms with Gasteiger partial charge in [0.1, 0.15) is 5.69 Å². The standard InChI is InChI=1S/C23H25F6N7O3/c1-12(2)36-13(6-8-31-36)11-35-9-5-3-4-7-21(38,23(27,28)29)20-34-33-18(39-20)17-15(30)10-14(22(24,25)26)16(32-17)19(35)37/h6,8,10,12,38H,3-5,7,9,11,30H2,1-2H3. The van der Waals surface area contributed by atoms with Gasteiger partial charge in [-0.05, 0) is 45.2 Å². The van der Waals surface area contributed by atoms with Crippen LogP contribution in [-0.4, -0.2) is 53.6 Å². The number of fused-ring (bicyclic) bond motifs is 5. The first-order chi connectivity index (χ1) is 18.1. The second-order valence-electron chi connectivity index (χ2n) is 9.49.